The minimum absolute atomic E-state index is 0.172. The number of amides is 1. The molecule has 0 spiro atoms. The van der Waals surface area contributed by atoms with Crippen LogP contribution in [-0.4, -0.2) is 17.0 Å². The maximum atomic E-state index is 12.9. The molecule has 0 unspecified atom stereocenters. The largest absolute Gasteiger partial charge is 0.352 e. The molecule has 152 valence electrons. The highest BCUT2D eigenvalue weighted by Gasteiger charge is 2.15. The van der Waals surface area contributed by atoms with Crippen LogP contribution in [0.15, 0.2) is 41.2 Å². The predicted octanol–water partition coefficient (Wildman–Crippen LogP) is 4.80. The van der Waals surface area contributed by atoms with Gasteiger partial charge in [0.25, 0.3) is 11.5 Å². The fourth-order valence-corrected chi connectivity index (χ4v) is 3.44. The number of carbonyl (C=O) groups is 1. The van der Waals surface area contributed by atoms with Crippen LogP contribution in [0.2, 0.25) is 0 Å². The molecular weight excluding hydrogens is 348 g/mol. The first-order valence-electron chi connectivity index (χ1n) is 10.6. The molecule has 1 N–H and O–H groups in total. The standard InChI is InChI=1S/C24H34N2O2/c1-4-5-6-7-8-12-17-26-20(3)19(2)18-22(24(26)28)23(27)25-16-15-21-13-10-9-11-14-21/h9-11,13-14,18H,4-8,12,15-17H2,1-3H3,(H,25,27). The topological polar surface area (TPSA) is 51.1 Å². The monoisotopic (exact) mass is 382 g/mol. The fraction of sp³-hybridized carbons (Fsp3) is 0.500. The van der Waals surface area contributed by atoms with Gasteiger partial charge in [0.1, 0.15) is 5.56 Å². The number of unbranched alkanes of at least 4 members (excludes halogenated alkanes) is 5. The highest BCUT2D eigenvalue weighted by molar-refractivity contribution is 5.94. The van der Waals surface area contributed by atoms with Crippen molar-refractivity contribution in [2.75, 3.05) is 6.54 Å². The Morgan fingerprint density at radius 1 is 1.00 bits per heavy atom. The second-order valence-electron chi connectivity index (χ2n) is 7.54. The number of aromatic nitrogens is 1. The van der Waals surface area contributed by atoms with Gasteiger partial charge in [-0.2, -0.15) is 0 Å². The number of hydrogen-bond acceptors (Lipinski definition) is 2. The van der Waals surface area contributed by atoms with Crippen LogP contribution >= 0.6 is 0 Å². The van der Waals surface area contributed by atoms with Gasteiger partial charge >= 0.3 is 0 Å². The predicted molar refractivity (Wildman–Crippen MR) is 116 cm³/mol. The highest BCUT2D eigenvalue weighted by Crippen LogP contribution is 2.10. The number of benzene rings is 1. The Kier molecular flexibility index (Phi) is 8.99. The summed E-state index contributed by atoms with van der Waals surface area (Å²) >= 11 is 0. The first-order chi connectivity index (χ1) is 13.5. The van der Waals surface area contributed by atoms with Crippen LogP contribution < -0.4 is 10.9 Å². The van der Waals surface area contributed by atoms with E-state index in [1.54, 1.807) is 10.6 Å². The maximum Gasteiger partial charge on any atom is 0.263 e. The third-order valence-electron chi connectivity index (χ3n) is 5.33. The Balaban J connectivity index is 1.98. The van der Waals surface area contributed by atoms with Gasteiger partial charge in [-0.05, 0) is 43.9 Å². The maximum absolute atomic E-state index is 12.9. The van der Waals surface area contributed by atoms with Crippen molar-refractivity contribution in [1.29, 1.82) is 0 Å². The Bertz CT molecular complexity index is 809. The Morgan fingerprint density at radius 3 is 2.39 bits per heavy atom. The molecule has 0 radical (unpaired) electrons. The summed E-state index contributed by atoms with van der Waals surface area (Å²) in [4.78, 5) is 25.5. The molecule has 0 bridgehead atoms. The van der Waals surface area contributed by atoms with Crippen LogP contribution in [0.1, 0.15) is 72.6 Å². The molecule has 0 saturated heterocycles. The van der Waals surface area contributed by atoms with E-state index in [9.17, 15) is 9.59 Å². The van der Waals surface area contributed by atoms with E-state index >= 15 is 0 Å². The van der Waals surface area contributed by atoms with Crippen molar-refractivity contribution in [2.45, 2.75) is 72.3 Å². The van der Waals surface area contributed by atoms with Gasteiger partial charge in [-0.3, -0.25) is 9.59 Å². The first-order valence-corrected chi connectivity index (χ1v) is 10.6. The zero-order chi connectivity index (χ0) is 20.4. The van der Waals surface area contributed by atoms with Crippen LogP contribution in [0.5, 0.6) is 0 Å². The summed E-state index contributed by atoms with van der Waals surface area (Å²) in [6.45, 7) is 7.34. The molecule has 0 aliphatic heterocycles. The van der Waals surface area contributed by atoms with E-state index in [1.807, 2.05) is 44.2 Å². The van der Waals surface area contributed by atoms with E-state index in [0.717, 1.165) is 30.5 Å². The third kappa shape index (κ3) is 6.36. The Morgan fingerprint density at radius 2 is 1.68 bits per heavy atom. The molecule has 0 aliphatic rings. The molecule has 0 aliphatic carbocycles. The van der Waals surface area contributed by atoms with Crippen molar-refractivity contribution in [2.24, 2.45) is 0 Å². The lowest BCUT2D eigenvalue weighted by Crippen LogP contribution is -2.35. The van der Waals surface area contributed by atoms with Gasteiger partial charge in [-0.1, -0.05) is 69.4 Å². The van der Waals surface area contributed by atoms with Crippen LogP contribution in [0.4, 0.5) is 0 Å². The summed E-state index contributed by atoms with van der Waals surface area (Å²) in [6, 6.07) is 11.8. The van der Waals surface area contributed by atoms with Crippen molar-refractivity contribution in [3.05, 3.63) is 69.1 Å². The van der Waals surface area contributed by atoms with Crippen LogP contribution in [0, 0.1) is 13.8 Å². The lowest BCUT2D eigenvalue weighted by atomic mass is 10.1. The second kappa shape index (κ2) is 11.5. The number of nitrogens with zero attached hydrogens (tertiary/aromatic N) is 1. The van der Waals surface area contributed by atoms with Gasteiger partial charge in [-0.25, -0.2) is 0 Å². The van der Waals surface area contributed by atoms with Gasteiger partial charge in [-0.15, -0.1) is 0 Å². The van der Waals surface area contributed by atoms with Crippen molar-refractivity contribution >= 4 is 5.91 Å². The molecule has 4 heteroatoms. The summed E-state index contributed by atoms with van der Waals surface area (Å²) in [5.74, 6) is -0.277. The molecule has 2 rings (SSSR count). The molecule has 0 atom stereocenters. The van der Waals surface area contributed by atoms with Crippen molar-refractivity contribution in [3.8, 4) is 0 Å². The summed E-state index contributed by atoms with van der Waals surface area (Å²) in [5.41, 5.74) is 3.19. The number of nitrogens with one attached hydrogen (secondary N) is 1. The molecule has 1 amide bonds. The summed E-state index contributed by atoms with van der Waals surface area (Å²) in [5, 5.41) is 2.90. The zero-order valence-corrected chi connectivity index (χ0v) is 17.6. The first kappa shape index (κ1) is 21.9. The number of pyridine rings is 1. The molecule has 28 heavy (non-hydrogen) atoms. The normalized spacial score (nSPS) is 10.8. The highest BCUT2D eigenvalue weighted by atomic mass is 16.2. The molecule has 1 aromatic carbocycles. The smallest absolute Gasteiger partial charge is 0.263 e. The van der Waals surface area contributed by atoms with Crippen LogP contribution in [-0.2, 0) is 13.0 Å². The third-order valence-corrected chi connectivity index (χ3v) is 5.33. The molecule has 1 aromatic heterocycles. The quantitative estimate of drug-likeness (QED) is 0.568. The number of hydrogen-bond donors (Lipinski definition) is 1. The average Bonchev–Trinajstić information content (AvgIpc) is 2.70. The summed E-state index contributed by atoms with van der Waals surface area (Å²) < 4.78 is 1.78. The second-order valence-corrected chi connectivity index (χ2v) is 7.54. The number of carbonyl (C=O) groups excluding carboxylic acids is 1. The summed E-state index contributed by atoms with van der Waals surface area (Å²) in [6.07, 6.45) is 7.83. The fourth-order valence-electron chi connectivity index (χ4n) is 3.44. The Hall–Kier alpha value is -2.36. The molecular formula is C24H34N2O2. The van der Waals surface area contributed by atoms with Gasteiger partial charge in [0.15, 0.2) is 0 Å². The zero-order valence-electron chi connectivity index (χ0n) is 17.6. The Labute approximate surface area is 169 Å². The van der Waals surface area contributed by atoms with Crippen molar-refractivity contribution < 1.29 is 4.79 Å². The van der Waals surface area contributed by atoms with E-state index in [-0.39, 0.29) is 17.0 Å². The van der Waals surface area contributed by atoms with E-state index in [2.05, 4.69) is 12.2 Å². The van der Waals surface area contributed by atoms with Crippen LogP contribution in [0.3, 0.4) is 0 Å². The number of aryl methyl sites for hydroxylation is 1. The van der Waals surface area contributed by atoms with E-state index in [0.29, 0.717) is 13.1 Å². The molecule has 1 heterocycles. The van der Waals surface area contributed by atoms with E-state index in [1.165, 1.54) is 31.2 Å². The van der Waals surface area contributed by atoms with E-state index < -0.39 is 0 Å². The minimum atomic E-state index is -0.277. The van der Waals surface area contributed by atoms with Gasteiger partial charge in [0.05, 0.1) is 0 Å². The molecule has 4 nitrogen and oxygen atoms in total. The van der Waals surface area contributed by atoms with Gasteiger partial charge < -0.3 is 9.88 Å². The van der Waals surface area contributed by atoms with Gasteiger partial charge in [0.2, 0.25) is 0 Å². The van der Waals surface area contributed by atoms with Crippen molar-refractivity contribution in [1.82, 2.24) is 9.88 Å². The van der Waals surface area contributed by atoms with Crippen LogP contribution in [0.25, 0.3) is 0 Å². The van der Waals surface area contributed by atoms with Gasteiger partial charge in [0, 0.05) is 18.8 Å². The average molecular weight is 383 g/mol. The minimum Gasteiger partial charge on any atom is -0.352 e. The van der Waals surface area contributed by atoms with Crippen molar-refractivity contribution in [3.63, 3.8) is 0 Å². The van der Waals surface area contributed by atoms with E-state index in [4.69, 9.17) is 0 Å². The lowest BCUT2D eigenvalue weighted by Gasteiger charge is -2.15. The lowest BCUT2D eigenvalue weighted by molar-refractivity contribution is 0.0952. The SMILES string of the molecule is CCCCCCCCn1c(C)c(C)cc(C(=O)NCCc2ccccc2)c1=O. The molecule has 0 fully saturated rings. The number of rotatable bonds is 11. The molecule has 0 saturated carbocycles. The summed E-state index contributed by atoms with van der Waals surface area (Å²) in [7, 11) is 0. The molecule has 2 aromatic rings.